The number of aliphatic imine (C=N–C) groups is 1. The van der Waals surface area contributed by atoms with E-state index >= 15 is 0 Å². The third-order valence-electron chi connectivity index (χ3n) is 4.12. The van der Waals surface area contributed by atoms with Crippen LogP contribution >= 0.6 is 24.0 Å². The van der Waals surface area contributed by atoms with Gasteiger partial charge in [0.2, 0.25) is 0 Å². The van der Waals surface area contributed by atoms with Gasteiger partial charge in [0.1, 0.15) is 5.60 Å². The van der Waals surface area contributed by atoms with E-state index in [1.807, 2.05) is 20.8 Å². The van der Waals surface area contributed by atoms with Crippen LogP contribution in [0.4, 0.5) is 4.79 Å². The number of hydrogen-bond donors (Lipinski definition) is 3. The smallest absolute Gasteiger partial charge is 0.407 e. The van der Waals surface area contributed by atoms with Crippen LogP contribution in [-0.2, 0) is 9.47 Å². The summed E-state index contributed by atoms with van der Waals surface area (Å²) in [6.07, 6.45) is 2.85. The summed E-state index contributed by atoms with van der Waals surface area (Å²) >= 11 is 0. The molecule has 0 aromatic heterocycles. The second-order valence-electron chi connectivity index (χ2n) is 7.49. The van der Waals surface area contributed by atoms with Crippen molar-refractivity contribution in [1.29, 1.82) is 0 Å². The summed E-state index contributed by atoms with van der Waals surface area (Å²) in [5.41, 5.74) is -0.467. The minimum Gasteiger partial charge on any atom is -0.444 e. The number of nitrogens with zero attached hydrogens (tertiary/aromatic N) is 2. The van der Waals surface area contributed by atoms with Gasteiger partial charge in [-0.1, -0.05) is 0 Å². The Morgan fingerprint density at radius 1 is 1.22 bits per heavy atom. The number of rotatable bonds is 9. The van der Waals surface area contributed by atoms with E-state index in [-0.39, 0.29) is 30.1 Å². The molecular weight excluding hydrogens is 461 g/mol. The number of hydrogen-bond acceptors (Lipinski definition) is 5. The van der Waals surface area contributed by atoms with Gasteiger partial charge in [-0.3, -0.25) is 9.89 Å². The van der Waals surface area contributed by atoms with Crippen LogP contribution in [0.25, 0.3) is 0 Å². The van der Waals surface area contributed by atoms with Crippen molar-refractivity contribution in [2.24, 2.45) is 4.99 Å². The zero-order valence-corrected chi connectivity index (χ0v) is 19.8. The molecule has 1 rings (SSSR count). The number of halogens is 1. The maximum Gasteiger partial charge on any atom is 0.407 e. The van der Waals surface area contributed by atoms with Crippen LogP contribution in [-0.4, -0.2) is 82.1 Å². The summed E-state index contributed by atoms with van der Waals surface area (Å²) < 4.78 is 10.4. The number of carbonyl (C=O) groups excluding carboxylic acids is 1. The first kappa shape index (κ1) is 26.2. The molecule has 0 bridgehead atoms. The predicted molar refractivity (Wildman–Crippen MR) is 120 cm³/mol. The molecule has 8 nitrogen and oxygen atoms in total. The number of alkyl carbamates (subject to hydrolysis) is 1. The topological polar surface area (TPSA) is 87.2 Å². The molecular formula is C18H38IN5O3. The van der Waals surface area contributed by atoms with Gasteiger partial charge in [-0.25, -0.2) is 4.79 Å². The van der Waals surface area contributed by atoms with E-state index in [0.717, 1.165) is 45.2 Å². The third kappa shape index (κ3) is 12.3. The highest BCUT2D eigenvalue weighted by Crippen LogP contribution is 2.15. The number of guanidine groups is 1. The molecule has 1 aliphatic heterocycles. The molecule has 1 aliphatic rings. The van der Waals surface area contributed by atoms with Crippen LogP contribution in [0.1, 0.15) is 40.0 Å². The fraction of sp³-hybridized carbons (Fsp3) is 0.889. The van der Waals surface area contributed by atoms with Crippen molar-refractivity contribution in [2.45, 2.75) is 51.7 Å². The third-order valence-corrected chi connectivity index (χ3v) is 4.12. The van der Waals surface area contributed by atoms with E-state index in [0.29, 0.717) is 12.6 Å². The molecule has 0 aromatic carbocycles. The lowest BCUT2D eigenvalue weighted by Gasteiger charge is -2.25. The maximum absolute atomic E-state index is 11.6. The quantitative estimate of drug-likeness (QED) is 0.194. The monoisotopic (exact) mass is 499 g/mol. The lowest BCUT2D eigenvalue weighted by atomic mass is 10.2. The van der Waals surface area contributed by atoms with Gasteiger partial charge in [0, 0.05) is 46.4 Å². The molecule has 1 saturated heterocycles. The molecule has 3 N–H and O–H groups in total. The van der Waals surface area contributed by atoms with E-state index < -0.39 is 5.60 Å². The average molecular weight is 499 g/mol. The molecule has 1 atom stereocenters. The molecule has 9 heteroatoms. The average Bonchev–Trinajstić information content (AvgIpc) is 3.01. The van der Waals surface area contributed by atoms with E-state index in [1.54, 1.807) is 14.2 Å². The standard InChI is InChI=1S/C18H37N5O3.HI/c1-18(2,3)26-17(24)21-10-7-9-20-16(19-4)22-14-15-8-6-11-23(15)12-13-25-5;/h15H,6-14H2,1-5H3,(H,21,24)(H2,19,20,22);1H. The summed E-state index contributed by atoms with van der Waals surface area (Å²) in [6.45, 7) is 10.6. The predicted octanol–water partition coefficient (Wildman–Crippen LogP) is 1.79. The SMILES string of the molecule is CN=C(NCCCNC(=O)OC(C)(C)C)NCC1CCCN1CCOC.I. The number of nitrogens with one attached hydrogen (secondary N) is 3. The molecule has 0 saturated carbocycles. The zero-order valence-electron chi connectivity index (χ0n) is 17.5. The molecule has 0 spiro atoms. The van der Waals surface area contributed by atoms with Crippen LogP contribution < -0.4 is 16.0 Å². The lowest BCUT2D eigenvalue weighted by Crippen LogP contribution is -2.46. The van der Waals surface area contributed by atoms with Crippen LogP contribution in [0.3, 0.4) is 0 Å². The Balaban J connectivity index is 0.00000676. The summed E-state index contributed by atoms with van der Waals surface area (Å²) in [7, 11) is 3.51. The second-order valence-corrected chi connectivity index (χ2v) is 7.49. The Morgan fingerprint density at radius 3 is 2.56 bits per heavy atom. The Labute approximate surface area is 181 Å². The Bertz CT molecular complexity index is 443. The van der Waals surface area contributed by atoms with Gasteiger partial charge in [-0.05, 0) is 46.6 Å². The van der Waals surface area contributed by atoms with Crippen molar-refractivity contribution in [1.82, 2.24) is 20.9 Å². The number of methoxy groups -OCH3 is 1. The van der Waals surface area contributed by atoms with Crippen LogP contribution in [0.15, 0.2) is 4.99 Å². The highest BCUT2D eigenvalue weighted by molar-refractivity contribution is 14.0. The first-order valence-electron chi connectivity index (χ1n) is 9.50. The molecule has 1 fully saturated rings. The second kappa shape index (κ2) is 14.2. The number of ether oxygens (including phenoxy) is 2. The zero-order chi connectivity index (χ0) is 19.4. The van der Waals surface area contributed by atoms with Crippen molar-refractivity contribution in [3.63, 3.8) is 0 Å². The van der Waals surface area contributed by atoms with E-state index in [4.69, 9.17) is 9.47 Å². The van der Waals surface area contributed by atoms with Gasteiger partial charge < -0.3 is 25.4 Å². The highest BCUT2D eigenvalue weighted by Gasteiger charge is 2.23. The van der Waals surface area contributed by atoms with E-state index in [2.05, 4.69) is 25.8 Å². The molecule has 0 radical (unpaired) electrons. The minimum atomic E-state index is -0.467. The normalized spacial score (nSPS) is 18.0. The highest BCUT2D eigenvalue weighted by atomic mass is 127. The Hall–Kier alpha value is -0.810. The van der Waals surface area contributed by atoms with E-state index in [1.165, 1.54) is 12.8 Å². The van der Waals surface area contributed by atoms with Gasteiger partial charge in [-0.15, -0.1) is 24.0 Å². The van der Waals surface area contributed by atoms with Crippen molar-refractivity contribution >= 4 is 36.0 Å². The number of likely N-dealkylation sites (tertiary alicyclic amines) is 1. The maximum atomic E-state index is 11.6. The van der Waals surface area contributed by atoms with Crippen molar-refractivity contribution < 1.29 is 14.3 Å². The minimum absolute atomic E-state index is 0. The van der Waals surface area contributed by atoms with Gasteiger partial charge in [0.25, 0.3) is 0 Å². The first-order chi connectivity index (χ1) is 12.4. The molecule has 1 unspecified atom stereocenters. The Kier molecular flexibility index (Phi) is 13.8. The van der Waals surface area contributed by atoms with Crippen molar-refractivity contribution in [3.05, 3.63) is 0 Å². The lowest BCUT2D eigenvalue weighted by molar-refractivity contribution is 0.0527. The van der Waals surface area contributed by atoms with Crippen LogP contribution in [0.5, 0.6) is 0 Å². The summed E-state index contributed by atoms with van der Waals surface area (Å²) in [6, 6.07) is 0.525. The fourth-order valence-corrected chi connectivity index (χ4v) is 2.86. The molecule has 0 aromatic rings. The number of carbonyl (C=O) groups is 1. The van der Waals surface area contributed by atoms with Crippen LogP contribution in [0, 0.1) is 0 Å². The van der Waals surface area contributed by atoms with E-state index in [9.17, 15) is 4.79 Å². The molecule has 27 heavy (non-hydrogen) atoms. The molecule has 1 heterocycles. The summed E-state index contributed by atoms with van der Waals surface area (Å²) in [5.74, 6) is 0.792. The van der Waals surface area contributed by atoms with Gasteiger partial charge in [0.05, 0.1) is 6.61 Å². The van der Waals surface area contributed by atoms with Gasteiger partial charge in [0.15, 0.2) is 5.96 Å². The van der Waals surface area contributed by atoms with Gasteiger partial charge >= 0.3 is 6.09 Å². The summed E-state index contributed by atoms with van der Waals surface area (Å²) in [5, 5.41) is 9.42. The summed E-state index contributed by atoms with van der Waals surface area (Å²) in [4.78, 5) is 18.3. The Morgan fingerprint density at radius 2 is 1.93 bits per heavy atom. The largest absolute Gasteiger partial charge is 0.444 e. The first-order valence-corrected chi connectivity index (χ1v) is 9.50. The number of amides is 1. The molecule has 1 amide bonds. The van der Waals surface area contributed by atoms with Crippen LogP contribution in [0.2, 0.25) is 0 Å². The fourth-order valence-electron chi connectivity index (χ4n) is 2.86. The van der Waals surface area contributed by atoms with Gasteiger partial charge in [-0.2, -0.15) is 0 Å². The molecule has 0 aliphatic carbocycles. The molecule has 160 valence electrons. The van der Waals surface area contributed by atoms with Crippen molar-refractivity contribution in [2.75, 3.05) is 53.5 Å². The van der Waals surface area contributed by atoms with Crippen molar-refractivity contribution in [3.8, 4) is 0 Å².